The largest absolute Gasteiger partial charge is 0.468 e. The highest BCUT2D eigenvalue weighted by molar-refractivity contribution is 5.90. The summed E-state index contributed by atoms with van der Waals surface area (Å²) in [6.45, 7) is 7.40. The van der Waals surface area contributed by atoms with Crippen LogP contribution in [0, 0.1) is 17.8 Å². The van der Waals surface area contributed by atoms with E-state index in [-0.39, 0.29) is 53.8 Å². The van der Waals surface area contributed by atoms with E-state index in [1.54, 1.807) is 13.8 Å². The summed E-state index contributed by atoms with van der Waals surface area (Å²) < 4.78 is 24.3. The van der Waals surface area contributed by atoms with Crippen LogP contribution in [0.2, 0.25) is 0 Å². The third-order valence-corrected chi connectivity index (χ3v) is 9.73. The summed E-state index contributed by atoms with van der Waals surface area (Å²) in [6.07, 6.45) is -0.458. The van der Waals surface area contributed by atoms with Crippen LogP contribution >= 0.6 is 0 Å². The third-order valence-electron chi connectivity index (χ3n) is 9.73. The number of esters is 1. The number of Topliss-reactive ketones (excluding diaryl/α,β-unsaturated/α-hetero) is 1. The second-order valence-electron chi connectivity index (χ2n) is 13.5. The SMILES string of the molecule is COC(=O)c1coc(-c2nc3oc2C24c5cc(ccc5O[C@@H]2N(C)c2ccccc24)CC(CC(=O)[C@@H](O)C(C)C)C(=O)N[C@H]3C(C)C)n1. The van der Waals surface area contributed by atoms with Gasteiger partial charge in [0.15, 0.2) is 29.2 Å². The number of benzene rings is 2. The van der Waals surface area contributed by atoms with Gasteiger partial charge in [-0.3, -0.25) is 9.59 Å². The van der Waals surface area contributed by atoms with Gasteiger partial charge in [0.25, 0.3) is 0 Å². The fourth-order valence-electron chi connectivity index (χ4n) is 7.23. The van der Waals surface area contributed by atoms with Crippen LogP contribution in [0.25, 0.3) is 11.6 Å². The molecule has 0 radical (unpaired) electrons. The average molecular weight is 655 g/mol. The number of hydrogen-bond donors (Lipinski definition) is 2. The minimum atomic E-state index is -1.18. The lowest BCUT2D eigenvalue weighted by atomic mass is 9.72. The van der Waals surface area contributed by atoms with Crippen molar-refractivity contribution in [3.8, 4) is 17.3 Å². The molecule has 0 aliphatic carbocycles. The molecule has 0 fully saturated rings. The molecule has 2 N–H and O–H groups in total. The number of nitrogens with zero attached hydrogens (tertiary/aromatic N) is 3. The van der Waals surface area contributed by atoms with E-state index in [2.05, 4.69) is 15.2 Å². The van der Waals surface area contributed by atoms with Crippen LogP contribution in [0.3, 0.4) is 0 Å². The third kappa shape index (κ3) is 4.72. The molecule has 2 aromatic heterocycles. The van der Waals surface area contributed by atoms with E-state index in [9.17, 15) is 19.5 Å². The summed E-state index contributed by atoms with van der Waals surface area (Å²) in [5.74, 6) is -1.41. The number of anilines is 1. The van der Waals surface area contributed by atoms with Crippen molar-refractivity contribution in [2.24, 2.45) is 17.8 Å². The Kier molecular flexibility index (Phi) is 7.66. The summed E-state index contributed by atoms with van der Waals surface area (Å²) >= 11 is 0. The Hall–Kier alpha value is -4.97. The van der Waals surface area contributed by atoms with Crippen molar-refractivity contribution in [1.82, 2.24) is 15.3 Å². The lowest BCUT2D eigenvalue weighted by Crippen LogP contribution is -2.44. The topological polar surface area (TPSA) is 157 Å². The molecular formula is C36H38N4O8. The molecule has 48 heavy (non-hydrogen) atoms. The first-order valence-corrected chi connectivity index (χ1v) is 16.1. The molecule has 3 aliphatic heterocycles. The molecule has 2 unspecified atom stereocenters. The van der Waals surface area contributed by atoms with Gasteiger partial charge in [-0.1, -0.05) is 58.0 Å². The smallest absolute Gasteiger partial charge is 0.360 e. The maximum atomic E-state index is 14.1. The quantitative estimate of drug-likeness (QED) is 0.269. The minimum Gasteiger partial charge on any atom is -0.468 e. The monoisotopic (exact) mass is 654 g/mol. The molecule has 7 rings (SSSR count). The molecule has 0 saturated heterocycles. The van der Waals surface area contributed by atoms with Gasteiger partial charge in [-0.2, -0.15) is 0 Å². The van der Waals surface area contributed by atoms with Gasteiger partial charge >= 0.3 is 5.97 Å². The number of methoxy groups -OCH3 is 1. The molecule has 1 spiro atoms. The van der Waals surface area contributed by atoms with E-state index in [4.69, 9.17) is 23.3 Å². The Balaban J connectivity index is 1.49. The predicted octanol–water partition coefficient (Wildman–Crippen LogP) is 4.58. The van der Waals surface area contributed by atoms with Crippen LogP contribution in [0.5, 0.6) is 5.75 Å². The molecule has 5 atom stereocenters. The number of aliphatic hydroxyl groups is 1. The zero-order valence-corrected chi connectivity index (χ0v) is 27.6. The number of carbonyl (C=O) groups is 3. The van der Waals surface area contributed by atoms with Crippen LogP contribution in [0.1, 0.15) is 79.0 Å². The number of aromatic nitrogens is 2. The van der Waals surface area contributed by atoms with Crippen LogP contribution in [0.4, 0.5) is 5.69 Å². The van der Waals surface area contributed by atoms with Gasteiger partial charge in [-0.25, -0.2) is 14.8 Å². The van der Waals surface area contributed by atoms with Crippen LogP contribution < -0.4 is 15.0 Å². The number of ketones is 1. The first kappa shape index (κ1) is 31.6. The molecule has 5 heterocycles. The number of fused-ring (bicyclic) bond motifs is 4. The maximum Gasteiger partial charge on any atom is 0.360 e. The maximum absolute atomic E-state index is 14.1. The zero-order chi connectivity index (χ0) is 34.1. The summed E-state index contributed by atoms with van der Waals surface area (Å²) in [4.78, 5) is 51.1. The van der Waals surface area contributed by atoms with E-state index in [0.717, 1.165) is 22.4 Å². The van der Waals surface area contributed by atoms with Crippen molar-refractivity contribution in [2.75, 3.05) is 19.1 Å². The highest BCUT2D eigenvalue weighted by Gasteiger charge is 2.63. The molecular weight excluding hydrogens is 616 g/mol. The Bertz CT molecular complexity index is 1930. The van der Waals surface area contributed by atoms with E-state index < -0.39 is 41.5 Å². The fraction of sp³-hybridized carbons (Fsp3) is 0.417. The molecule has 250 valence electrons. The molecule has 12 heteroatoms. The Labute approximate surface area is 277 Å². The molecule has 1 amide bonds. The number of hydrogen-bond acceptors (Lipinski definition) is 11. The summed E-state index contributed by atoms with van der Waals surface area (Å²) in [6, 6.07) is 13.0. The molecule has 12 nitrogen and oxygen atoms in total. The number of carbonyl (C=O) groups excluding carboxylic acids is 3. The van der Waals surface area contributed by atoms with Gasteiger partial charge in [-0.05, 0) is 41.5 Å². The van der Waals surface area contributed by atoms with Crippen molar-refractivity contribution in [1.29, 1.82) is 0 Å². The Morgan fingerprint density at radius 2 is 1.90 bits per heavy atom. The Morgan fingerprint density at radius 3 is 2.62 bits per heavy atom. The summed E-state index contributed by atoms with van der Waals surface area (Å²) in [5.41, 5.74) is 2.59. The van der Waals surface area contributed by atoms with Crippen molar-refractivity contribution < 1.29 is 37.8 Å². The lowest BCUT2D eigenvalue weighted by Gasteiger charge is -2.30. The van der Waals surface area contributed by atoms with Crippen molar-refractivity contribution in [3.63, 3.8) is 0 Å². The lowest BCUT2D eigenvalue weighted by molar-refractivity contribution is -0.135. The first-order chi connectivity index (χ1) is 22.9. The summed E-state index contributed by atoms with van der Waals surface area (Å²) in [5, 5.41) is 13.7. The number of ether oxygens (including phenoxy) is 2. The van der Waals surface area contributed by atoms with E-state index in [0.29, 0.717) is 11.5 Å². The van der Waals surface area contributed by atoms with E-state index in [1.165, 1.54) is 13.4 Å². The van der Waals surface area contributed by atoms with Gasteiger partial charge in [-0.15, -0.1) is 0 Å². The van der Waals surface area contributed by atoms with E-state index >= 15 is 0 Å². The molecule has 4 bridgehead atoms. The van der Waals surface area contributed by atoms with Crippen LogP contribution in [-0.4, -0.2) is 59.2 Å². The van der Waals surface area contributed by atoms with E-state index in [1.807, 2.05) is 63.4 Å². The second-order valence-corrected chi connectivity index (χ2v) is 13.5. The van der Waals surface area contributed by atoms with Gasteiger partial charge in [0.1, 0.15) is 29.6 Å². The predicted molar refractivity (Wildman–Crippen MR) is 172 cm³/mol. The number of amides is 1. The first-order valence-electron chi connectivity index (χ1n) is 16.1. The van der Waals surface area contributed by atoms with Crippen molar-refractivity contribution in [2.45, 2.75) is 64.3 Å². The van der Waals surface area contributed by atoms with Gasteiger partial charge in [0.2, 0.25) is 17.7 Å². The zero-order valence-electron chi connectivity index (χ0n) is 27.6. The van der Waals surface area contributed by atoms with Crippen molar-refractivity contribution >= 4 is 23.3 Å². The van der Waals surface area contributed by atoms with Crippen molar-refractivity contribution in [3.05, 3.63) is 82.8 Å². The molecule has 2 aromatic carbocycles. The number of aliphatic hydroxyl groups excluding tert-OH is 1. The normalized spacial score (nSPS) is 23.1. The van der Waals surface area contributed by atoms with Gasteiger partial charge in [0.05, 0.1) is 7.11 Å². The Morgan fingerprint density at radius 1 is 1.12 bits per heavy atom. The number of oxazole rings is 2. The summed E-state index contributed by atoms with van der Waals surface area (Å²) in [7, 11) is 3.22. The molecule has 3 aliphatic rings. The standard InChI is InChI=1S/C36H38N4O8/c1-17(2)27-33-39-28(32-37-23(16-46-32)34(44)45-6)30(48-33)36-21-9-7-8-10-24(21)40(5)35(36)47-26-12-11-19(14-22(26)36)13-20(31(43)38-27)15-25(41)29(42)18(3)4/h7-12,14,16-18,20,27,29,35,42H,13,15H2,1-6H3,(H,38,43)/t20?,27-,29-,35-,36?/m0/s1. The van der Waals surface area contributed by atoms with Crippen LogP contribution in [0.15, 0.2) is 57.6 Å². The molecule has 4 aromatic rings. The highest BCUT2D eigenvalue weighted by atomic mass is 16.5. The second kappa shape index (κ2) is 11.6. The van der Waals surface area contributed by atoms with Gasteiger partial charge in [0, 0.05) is 30.6 Å². The fourth-order valence-corrected chi connectivity index (χ4v) is 7.23. The van der Waals surface area contributed by atoms with Gasteiger partial charge < -0.3 is 33.6 Å². The molecule has 0 saturated carbocycles. The number of rotatable bonds is 7. The number of likely N-dealkylation sites (N-methyl/N-ethyl adjacent to an activating group) is 1. The number of nitrogens with one attached hydrogen (secondary N) is 1. The number of para-hydroxylation sites is 1. The van der Waals surface area contributed by atoms with Crippen LogP contribution in [-0.2, 0) is 26.2 Å². The average Bonchev–Trinajstić information content (AvgIpc) is 3.84. The highest BCUT2D eigenvalue weighted by Crippen LogP contribution is 2.61. The minimum absolute atomic E-state index is 0.0333.